The van der Waals surface area contributed by atoms with Crippen molar-refractivity contribution in [3.05, 3.63) is 0 Å². The normalized spacial score (nSPS) is 11.0. The smallest absolute Gasteiger partial charge is 0.221 e. The number of hydrogen-bond donors (Lipinski definition) is 5. The Labute approximate surface area is 181 Å². The van der Waals surface area contributed by atoms with Crippen molar-refractivity contribution in [1.82, 2.24) is 31.1 Å². The zero-order chi connectivity index (χ0) is 22.6. The van der Waals surface area contributed by atoms with Crippen LogP contribution in [0.3, 0.4) is 0 Å². The Bertz CT molecular complexity index is 477. The minimum atomic E-state index is -0.00416. The molecule has 176 valence electrons. The van der Waals surface area contributed by atoms with Crippen LogP contribution in [0.5, 0.6) is 0 Å². The molecule has 0 aliphatic heterocycles. The van der Waals surface area contributed by atoms with Crippen molar-refractivity contribution in [1.29, 1.82) is 0 Å². The van der Waals surface area contributed by atoms with Gasteiger partial charge in [0.05, 0.1) is 0 Å². The third kappa shape index (κ3) is 16.1. The van der Waals surface area contributed by atoms with Crippen LogP contribution in [-0.4, -0.2) is 107 Å². The Morgan fingerprint density at radius 1 is 0.700 bits per heavy atom. The fraction of sp³-hybridized carbons (Fsp3) is 0.850. The number of hydrogen-bond acceptors (Lipinski definition) is 7. The average molecular weight is 430 g/mol. The lowest BCUT2D eigenvalue weighted by atomic mass is 10.3. The molecule has 0 heterocycles. The van der Waals surface area contributed by atoms with Gasteiger partial charge in [0.15, 0.2) is 0 Å². The van der Waals surface area contributed by atoms with E-state index in [1.165, 1.54) is 0 Å². The van der Waals surface area contributed by atoms with Gasteiger partial charge in [-0.15, -0.1) is 0 Å². The number of amides is 3. The molecule has 6 N–H and O–H groups in total. The molecular weight excluding hydrogens is 386 g/mol. The van der Waals surface area contributed by atoms with Crippen molar-refractivity contribution in [2.45, 2.75) is 33.1 Å². The monoisotopic (exact) mass is 429 g/mol. The van der Waals surface area contributed by atoms with E-state index in [0.717, 1.165) is 32.7 Å². The predicted octanol–water partition coefficient (Wildman–Crippen LogP) is -1.67. The number of nitrogens with two attached hydrogens (primary N) is 1. The van der Waals surface area contributed by atoms with Crippen LogP contribution in [0.15, 0.2) is 0 Å². The molecule has 0 aromatic rings. The van der Waals surface area contributed by atoms with Gasteiger partial charge in [-0.2, -0.15) is 0 Å². The Morgan fingerprint density at radius 2 is 1.13 bits per heavy atom. The summed E-state index contributed by atoms with van der Waals surface area (Å²) >= 11 is 0. The van der Waals surface area contributed by atoms with E-state index in [1.54, 1.807) is 7.05 Å². The van der Waals surface area contributed by atoms with Crippen molar-refractivity contribution in [2.75, 3.05) is 79.0 Å². The van der Waals surface area contributed by atoms with E-state index in [1.807, 2.05) is 13.8 Å². The van der Waals surface area contributed by atoms with Crippen LogP contribution >= 0.6 is 0 Å². The maximum absolute atomic E-state index is 11.7. The van der Waals surface area contributed by atoms with Crippen LogP contribution in [0.1, 0.15) is 33.1 Å². The summed E-state index contributed by atoms with van der Waals surface area (Å²) in [7, 11) is 1.63. The second kappa shape index (κ2) is 19.2. The maximum atomic E-state index is 11.7. The molecule has 0 spiro atoms. The fourth-order valence-corrected chi connectivity index (χ4v) is 2.93. The Hall–Kier alpha value is -1.75. The number of carbonyl (C=O) groups excluding carboxylic acids is 3. The van der Waals surface area contributed by atoms with Crippen molar-refractivity contribution in [3.8, 4) is 0 Å². The van der Waals surface area contributed by atoms with Gasteiger partial charge >= 0.3 is 0 Å². The van der Waals surface area contributed by atoms with Crippen LogP contribution in [-0.2, 0) is 14.4 Å². The van der Waals surface area contributed by atoms with E-state index in [9.17, 15) is 14.4 Å². The molecule has 0 radical (unpaired) electrons. The molecule has 0 bridgehead atoms. The van der Waals surface area contributed by atoms with Crippen LogP contribution in [0, 0.1) is 0 Å². The van der Waals surface area contributed by atoms with E-state index >= 15 is 0 Å². The fourth-order valence-electron chi connectivity index (χ4n) is 2.93. The molecule has 3 amide bonds. The third-order valence-corrected chi connectivity index (χ3v) is 4.65. The maximum Gasteiger partial charge on any atom is 0.221 e. The summed E-state index contributed by atoms with van der Waals surface area (Å²) in [5.41, 5.74) is 5.68. The lowest BCUT2D eigenvalue weighted by Gasteiger charge is -2.24. The molecule has 0 unspecified atom stereocenters. The summed E-state index contributed by atoms with van der Waals surface area (Å²) in [6.07, 6.45) is 1.31. The van der Waals surface area contributed by atoms with Gasteiger partial charge in [0.2, 0.25) is 17.7 Å². The van der Waals surface area contributed by atoms with Gasteiger partial charge in [-0.05, 0) is 13.8 Å². The molecule has 10 heteroatoms. The van der Waals surface area contributed by atoms with Crippen molar-refractivity contribution >= 4 is 17.7 Å². The van der Waals surface area contributed by atoms with Gasteiger partial charge in [0.25, 0.3) is 0 Å². The second-order valence-corrected chi connectivity index (χ2v) is 7.05. The van der Waals surface area contributed by atoms with Gasteiger partial charge in [0, 0.05) is 98.3 Å². The van der Waals surface area contributed by atoms with E-state index in [-0.39, 0.29) is 17.7 Å². The van der Waals surface area contributed by atoms with Crippen molar-refractivity contribution in [2.24, 2.45) is 5.73 Å². The summed E-state index contributed by atoms with van der Waals surface area (Å²) < 4.78 is 0. The first-order valence-corrected chi connectivity index (χ1v) is 11.1. The number of rotatable bonds is 19. The number of carbonyl (C=O) groups is 3. The molecule has 10 nitrogen and oxygen atoms in total. The Balaban J connectivity index is 4.25. The van der Waals surface area contributed by atoms with Crippen LogP contribution in [0.25, 0.3) is 0 Å². The molecule has 0 saturated carbocycles. The van der Waals surface area contributed by atoms with E-state index in [2.05, 4.69) is 31.1 Å². The molecule has 30 heavy (non-hydrogen) atoms. The van der Waals surface area contributed by atoms with Crippen LogP contribution < -0.4 is 27.0 Å². The Morgan fingerprint density at radius 3 is 1.53 bits per heavy atom. The molecule has 0 atom stereocenters. The summed E-state index contributed by atoms with van der Waals surface area (Å²) in [5.74, 6) is 0.0850. The van der Waals surface area contributed by atoms with Crippen LogP contribution in [0.2, 0.25) is 0 Å². The molecule has 0 aliphatic carbocycles. The topological polar surface area (TPSA) is 132 Å². The Kier molecular flexibility index (Phi) is 18.1. The molecule has 0 rings (SSSR count). The van der Waals surface area contributed by atoms with Gasteiger partial charge in [0.1, 0.15) is 0 Å². The first kappa shape index (κ1) is 28.2. The van der Waals surface area contributed by atoms with Crippen LogP contribution in [0.4, 0.5) is 0 Å². The average Bonchev–Trinajstić information content (AvgIpc) is 2.73. The van der Waals surface area contributed by atoms with Gasteiger partial charge in [-0.25, -0.2) is 0 Å². The van der Waals surface area contributed by atoms with Gasteiger partial charge in [-0.3, -0.25) is 14.4 Å². The number of nitrogens with zero attached hydrogens (tertiary/aromatic N) is 2. The second-order valence-electron chi connectivity index (χ2n) is 7.05. The summed E-state index contributed by atoms with van der Waals surface area (Å²) in [5, 5.41) is 11.6. The van der Waals surface area contributed by atoms with E-state index in [4.69, 9.17) is 5.73 Å². The van der Waals surface area contributed by atoms with Crippen molar-refractivity contribution in [3.63, 3.8) is 0 Å². The SMILES string of the molecule is CCNC(=O)CCN(CCN)CCNCCN(CCC(=O)NC)CCC(=O)NCC. The zero-order valence-electron chi connectivity index (χ0n) is 19.1. The first-order chi connectivity index (χ1) is 14.5. The quantitative estimate of drug-likeness (QED) is 0.155. The van der Waals surface area contributed by atoms with Gasteiger partial charge < -0.3 is 36.8 Å². The molecule has 0 aromatic heterocycles. The highest BCUT2D eigenvalue weighted by molar-refractivity contribution is 5.76. The summed E-state index contributed by atoms with van der Waals surface area (Å²) in [4.78, 5) is 39.2. The third-order valence-electron chi connectivity index (χ3n) is 4.65. The lowest BCUT2D eigenvalue weighted by molar-refractivity contribution is -0.122. The molecule has 0 fully saturated rings. The predicted molar refractivity (Wildman–Crippen MR) is 120 cm³/mol. The van der Waals surface area contributed by atoms with Gasteiger partial charge in [-0.1, -0.05) is 0 Å². The highest BCUT2D eigenvalue weighted by Crippen LogP contribution is 1.95. The zero-order valence-corrected chi connectivity index (χ0v) is 19.1. The van der Waals surface area contributed by atoms with Crippen molar-refractivity contribution < 1.29 is 14.4 Å². The molecule has 0 saturated heterocycles. The largest absolute Gasteiger partial charge is 0.359 e. The molecular formula is C20H43N7O3. The minimum absolute atomic E-state index is 0.00416. The lowest BCUT2D eigenvalue weighted by Crippen LogP contribution is -2.41. The molecule has 0 aliphatic rings. The van der Waals surface area contributed by atoms with E-state index in [0.29, 0.717) is 58.5 Å². The minimum Gasteiger partial charge on any atom is -0.359 e. The highest BCUT2D eigenvalue weighted by atomic mass is 16.2. The highest BCUT2D eigenvalue weighted by Gasteiger charge is 2.11. The summed E-state index contributed by atoms with van der Waals surface area (Å²) in [6.45, 7) is 11.4. The van der Waals surface area contributed by atoms with E-state index < -0.39 is 0 Å². The first-order valence-electron chi connectivity index (χ1n) is 11.1. The summed E-state index contributed by atoms with van der Waals surface area (Å²) in [6, 6.07) is 0. The standard InChI is InChI=1S/C20H43N7O3/c1-4-24-19(29)7-13-26(12-6-18(28)22-3)16-10-23-11-17-27(15-9-21)14-8-20(30)25-5-2/h23H,4-17,21H2,1-3H3,(H,22,28)(H,24,29)(H,25,30). The number of nitrogens with one attached hydrogen (secondary N) is 4. The molecule has 0 aromatic carbocycles.